The Morgan fingerprint density at radius 2 is 1.85 bits per heavy atom. The third kappa shape index (κ3) is 5.99. The van der Waals surface area contributed by atoms with Gasteiger partial charge in [-0.25, -0.2) is 4.79 Å². The van der Waals surface area contributed by atoms with E-state index in [1.165, 1.54) is 6.92 Å². The first-order chi connectivity index (χ1) is 9.49. The molecule has 0 saturated carbocycles. The molecule has 1 atom stereocenters. The molecule has 1 aromatic carbocycles. The predicted molar refractivity (Wildman–Crippen MR) is 73.0 cm³/mol. The van der Waals surface area contributed by atoms with Crippen LogP contribution in [0.25, 0.3) is 0 Å². The third-order valence-corrected chi connectivity index (χ3v) is 2.70. The predicted octanol–water partition coefficient (Wildman–Crippen LogP) is 0.325. The second kappa shape index (κ2) is 7.93. The zero-order chi connectivity index (χ0) is 15.0. The van der Waals surface area contributed by atoms with E-state index in [0.717, 1.165) is 5.56 Å². The first-order valence-corrected chi connectivity index (χ1v) is 6.29. The number of rotatable bonds is 7. The summed E-state index contributed by atoms with van der Waals surface area (Å²) >= 11 is 0. The second-order valence-electron chi connectivity index (χ2n) is 4.39. The molecule has 0 heterocycles. The zero-order valence-corrected chi connectivity index (χ0v) is 11.3. The van der Waals surface area contributed by atoms with Crippen LogP contribution in [0.15, 0.2) is 30.3 Å². The Hall–Kier alpha value is -2.37. The lowest BCUT2D eigenvalue weighted by Gasteiger charge is -2.14. The van der Waals surface area contributed by atoms with Gasteiger partial charge in [0.15, 0.2) is 0 Å². The molecule has 1 aromatic rings. The lowest BCUT2D eigenvalue weighted by Crippen LogP contribution is -2.45. The summed E-state index contributed by atoms with van der Waals surface area (Å²) in [6.45, 7) is 1.07. The Balaban J connectivity index is 2.46. The van der Waals surface area contributed by atoms with Crippen LogP contribution in [-0.4, -0.2) is 35.5 Å². The molecule has 0 aliphatic rings. The van der Waals surface area contributed by atoms with E-state index in [1.807, 2.05) is 30.3 Å². The summed E-state index contributed by atoms with van der Waals surface area (Å²) in [6.07, 6.45) is 0.851. The van der Waals surface area contributed by atoms with E-state index >= 15 is 0 Å². The summed E-state index contributed by atoms with van der Waals surface area (Å²) in [5.74, 6) is -1.94. The molecule has 6 nitrogen and oxygen atoms in total. The Labute approximate surface area is 117 Å². The van der Waals surface area contributed by atoms with Crippen molar-refractivity contribution in [3.05, 3.63) is 35.9 Å². The van der Waals surface area contributed by atoms with Gasteiger partial charge in [0.25, 0.3) is 0 Å². The number of nitrogens with one attached hydrogen (secondary N) is 2. The van der Waals surface area contributed by atoms with Crippen molar-refractivity contribution in [3.8, 4) is 0 Å². The molecule has 0 saturated heterocycles. The number of hydrogen-bond donors (Lipinski definition) is 3. The average molecular weight is 278 g/mol. The molecule has 3 N–H and O–H groups in total. The average Bonchev–Trinajstić information content (AvgIpc) is 2.42. The molecule has 0 bridgehead atoms. The van der Waals surface area contributed by atoms with Gasteiger partial charge in [-0.05, 0) is 18.4 Å². The SMILES string of the molecule is CC(=O)NCC(=O)N[C@@H](CCc1ccccc1)C(=O)O. The second-order valence-corrected chi connectivity index (χ2v) is 4.39. The molecule has 0 fully saturated rings. The maximum Gasteiger partial charge on any atom is 0.326 e. The number of hydrogen-bond acceptors (Lipinski definition) is 3. The molecule has 0 radical (unpaired) electrons. The molecular weight excluding hydrogens is 260 g/mol. The maximum absolute atomic E-state index is 11.5. The molecule has 0 aromatic heterocycles. The zero-order valence-electron chi connectivity index (χ0n) is 11.3. The van der Waals surface area contributed by atoms with Crippen LogP contribution >= 0.6 is 0 Å². The topological polar surface area (TPSA) is 95.5 Å². The molecule has 0 unspecified atom stereocenters. The Morgan fingerprint density at radius 3 is 2.40 bits per heavy atom. The molecule has 0 aliphatic carbocycles. The van der Waals surface area contributed by atoms with Gasteiger partial charge >= 0.3 is 5.97 Å². The Bertz CT molecular complexity index is 473. The van der Waals surface area contributed by atoms with Crippen molar-refractivity contribution in [3.63, 3.8) is 0 Å². The highest BCUT2D eigenvalue weighted by Gasteiger charge is 2.19. The fraction of sp³-hybridized carbons (Fsp3) is 0.357. The minimum absolute atomic E-state index is 0.218. The quantitative estimate of drug-likeness (QED) is 0.669. The van der Waals surface area contributed by atoms with Crippen LogP contribution in [0.5, 0.6) is 0 Å². The summed E-state index contributed by atoms with van der Waals surface area (Å²) in [5.41, 5.74) is 1.01. The Kier molecular flexibility index (Phi) is 6.22. The van der Waals surface area contributed by atoms with Crippen LogP contribution in [0.2, 0.25) is 0 Å². The van der Waals surface area contributed by atoms with E-state index in [2.05, 4.69) is 10.6 Å². The van der Waals surface area contributed by atoms with E-state index in [4.69, 9.17) is 5.11 Å². The van der Waals surface area contributed by atoms with E-state index in [0.29, 0.717) is 12.8 Å². The largest absolute Gasteiger partial charge is 0.480 e. The number of carboxylic acids is 1. The van der Waals surface area contributed by atoms with Crippen molar-refractivity contribution in [2.24, 2.45) is 0 Å². The number of carboxylic acid groups (broad SMARTS) is 1. The monoisotopic (exact) mass is 278 g/mol. The summed E-state index contributed by atoms with van der Waals surface area (Å²) in [5, 5.41) is 13.8. The van der Waals surface area contributed by atoms with Crippen LogP contribution in [0.4, 0.5) is 0 Å². The molecule has 0 aliphatic heterocycles. The van der Waals surface area contributed by atoms with Gasteiger partial charge in [0, 0.05) is 6.92 Å². The highest BCUT2D eigenvalue weighted by Crippen LogP contribution is 2.05. The first-order valence-electron chi connectivity index (χ1n) is 6.29. The smallest absolute Gasteiger partial charge is 0.326 e. The Morgan fingerprint density at radius 1 is 1.20 bits per heavy atom. The van der Waals surface area contributed by atoms with Gasteiger partial charge in [-0.3, -0.25) is 9.59 Å². The minimum Gasteiger partial charge on any atom is -0.480 e. The van der Waals surface area contributed by atoms with Crippen molar-refractivity contribution in [2.75, 3.05) is 6.54 Å². The minimum atomic E-state index is -1.09. The number of aliphatic carboxylic acids is 1. The van der Waals surface area contributed by atoms with E-state index in [9.17, 15) is 14.4 Å². The fourth-order valence-corrected chi connectivity index (χ4v) is 1.66. The molecule has 108 valence electrons. The highest BCUT2D eigenvalue weighted by atomic mass is 16.4. The summed E-state index contributed by atoms with van der Waals surface area (Å²) in [7, 11) is 0. The fourth-order valence-electron chi connectivity index (χ4n) is 1.66. The lowest BCUT2D eigenvalue weighted by atomic mass is 10.1. The molecule has 0 spiro atoms. The standard InChI is InChI=1S/C14H18N2O4/c1-10(17)15-9-13(18)16-12(14(19)20)8-7-11-5-3-2-4-6-11/h2-6,12H,7-9H2,1H3,(H,15,17)(H,16,18)(H,19,20)/t12-/m0/s1. The normalized spacial score (nSPS) is 11.4. The van der Waals surface area contributed by atoms with Crippen molar-refractivity contribution < 1.29 is 19.5 Å². The van der Waals surface area contributed by atoms with Crippen molar-refractivity contribution in [1.29, 1.82) is 0 Å². The first kappa shape index (κ1) is 15.7. The number of carbonyl (C=O) groups excluding carboxylic acids is 2. The number of benzene rings is 1. The van der Waals surface area contributed by atoms with Crippen LogP contribution < -0.4 is 10.6 Å². The molecule has 20 heavy (non-hydrogen) atoms. The van der Waals surface area contributed by atoms with Crippen molar-refractivity contribution in [1.82, 2.24) is 10.6 Å². The molecular formula is C14H18N2O4. The van der Waals surface area contributed by atoms with Crippen molar-refractivity contribution >= 4 is 17.8 Å². The van der Waals surface area contributed by atoms with Gasteiger partial charge < -0.3 is 15.7 Å². The van der Waals surface area contributed by atoms with Gasteiger partial charge in [-0.2, -0.15) is 0 Å². The van der Waals surface area contributed by atoms with Gasteiger partial charge in [0.2, 0.25) is 11.8 Å². The van der Waals surface area contributed by atoms with E-state index in [-0.39, 0.29) is 12.5 Å². The number of carbonyl (C=O) groups is 3. The molecule has 2 amide bonds. The van der Waals surface area contributed by atoms with E-state index in [1.54, 1.807) is 0 Å². The summed E-state index contributed by atoms with van der Waals surface area (Å²) in [6, 6.07) is 8.47. The number of aryl methyl sites for hydroxylation is 1. The highest BCUT2D eigenvalue weighted by molar-refractivity contribution is 5.87. The molecule has 6 heteroatoms. The van der Waals surface area contributed by atoms with Crippen LogP contribution in [0.1, 0.15) is 18.9 Å². The third-order valence-electron chi connectivity index (χ3n) is 2.70. The van der Waals surface area contributed by atoms with Crippen molar-refractivity contribution in [2.45, 2.75) is 25.8 Å². The molecule has 1 rings (SSSR count). The van der Waals surface area contributed by atoms with E-state index < -0.39 is 17.9 Å². The summed E-state index contributed by atoms with van der Waals surface area (Å²) < 4.78 is 0. The van der Waals surface area contributed by atoms with Gasteiger partial charge in [0.05, 0.1) is 6.54 Å². The van der Waals surface area contributed by atoms with Gasteiger partial charge in [-0.1, -0.05) is 30.3 Å². The van der Waals surface area contributed by atoms with Crippen LogP contribution in [0.3, 0.4) is 0 Å². The maximum atomic E-state index is 11.5. The number of amides is 2. The van der Waals surface area contributed by atoms with Crippen LogP contribution in [-0.2, 0) is 20.8 Å². The van der Waals surface area contributed by atoms with Gasteiger partial charge in [-0.15, -0.1) is 0 Å². The van der Waals surface area contributed by atoms with Gasteiger partial charge in [0.1, 0.15) is 6.04 Å². The summed E-state index contributed by atoms with van der Waals surface area (Å²) in [4.78, 5) is 33.2. The van der Waals surface area contributed by atoms with Crippen LogP contribution in [0, 0.1) is 0 Å². The lowest BCUT2D eigenvalue weighted by molar-refractivity contribution is -0.141.